The van der Waals surface area contributed by atoms with Gasteiger partial charge in [0.05, 0.1) is 18.0 Å². The number of carbonyl (C=O) groups is 2. The predicted molar refractivity (Wildman–Crippen MR) is 109 cm³/mol. The molecule has 154 valence electrons. The first kappa shape index (κ1) is 18.0. The Morgan fingerprint density at radius 2 is 1.90 bits per heavy atom. The minimum absolute atomic E-state index is 0.0551. The van der Waals surface area contributed by atoms with Gasteiger partial charge in [0.25, 0.3) is 0 Å². The van der Waals surface area contributed by atoms with Gasteiger partial charge in [0.1, 0.15) is 18.1 Å². The van der Waals surface area contributed by atoms with Crippen LogP contribution in [0.5, 0.6) is 11.5 Å². The highest BCUT2D eigenvalue weighted by Crippen LogP contribution is 2.59. The van der Waals surface area contributed by atoms with Crippen LogP contribution >= 0.6 is 0 Å². The lowest BCUT2D eigenvalue weighted by molar-refractivity contribution is -0.138. The number of benzene rings is 2. The molecule has 0 aromatic heterocycles. The van der Waals surface area contributed by atoms with Gasteiger partial charge in [-0.15, -0.1) is 0 Å². The lowest BCUT2D eigenvalue weighted by Gasteiger charge is -2.45. The van der Waals surface area contributed by atoms with Crippen molar-refractivity contribution in [3.8, 4) is 11.5 Å². The molecular weight excluding hydrogens is 380 g/mol. The second-order valence-corrected chi connectivity index (χ2v) is 9.24. The number of piperidine rings is 1. The third kappa shape index (κ3) is 2.82. The van der Waals surface area contributed by atoms with Crippen LogP contribution in [0.15, 0.2) is 54.6 Å². The van der Waals surface area contributed by atoms with E-state index in [1.165, 1.54) is 5.56 Å². The van der Waals surface area contributed by atoms with E-state index in [0.29, 0.717) is 25.4 Å². The van der Waals surface area contributed by atoms with E-state index < -0.39 is 0 Å². The Morgan fingerprint density at radius 3 is 2.67 bits per heavy atom. The molecule has 1 spiro atoms. The molecule has 1 saturated carbocycles. The second kappa shape index (κ2) is 6.32. The molecule has 2 aromatic rings. The Bertz CT molecular complexity index is 1020. The molecule has 3 saturated heterocycles. The summed E-state index contributed by atoms with van der Waals surface area (Å²) in [6, 6.07) is 17.9. The summed E-state index contributed by atoms with van der Waals surface area (Å²) in [7, 11) is 0. The van der Waals surface area contributed by atoms with Crippen molar-refractivity contribution < 1.29 is 19.1 Å². The zero-order valence-electron chi connectivity index (χ0n) is 16.7. The highest BCUT2D eigenvalue weighted by atomic mass is 16.5. The van der Waals surface area contributed by atoms with Crippen molar-refractivity contribution >= 4 is 11.9 Å². The molecule has 3 aliphatic heterocycles. The molecular formula is C24H24N2O4. The van der Waals surface area contributed by atoms with E-state index in [2.05, 4.69) is 17.4 Å². The van der Waals surface area contributed by atoms with E-state index in [9.17, 15) is 9.59 Å². The van der Waals surface area contributed by atoms with E-state index in [4.69, 9.17) is 9.47 Å². The third-order valence-electron chi connectivity index (χ3n) is 7.21. The number of fused-ring (bicyclic) bond motifs is 1. The lowest BCUT2D eigenvalue weighted by atomic mass is 9.80. The average Bonchev–Trinajstić information content (AvgIpc) is 3.08. The number of hydrogen-bond acceptors (Lipinski definition) is 5. The second-order valence-electron chi connectivity index (χ2n) is 9.24. The molecule has 1 aliphatic carbocycles. The predicted octanol–water partition coefficient (Wildman–Crippen LogP) is 2.63. The Kier molecular flexibility index (Phi) is 3.78. The van der Waals surface area contributed by atoms with Crippen molar-refractivity contribution in [3.05, 3.63) is 60.2 Å². The van der Waals surface area contributed by atoms with Gasteiger partial charge in [-0.25, -0.2) is 0 Å². The quantitative estimate of drug-likeness (QED) is 0.794. The van der Waals surface area contributed by atoms with Crippen molar-refractivity contribution in [2.24, 2.45) is 5.92 Å². The Morgan fingerprint density at radius 1 is 1.10 bits per heavy atom. The van der Waals surface area contributed by atoms with Crippen LogP contribution in [-0.4, -0.2) is 48.1 Å². The van der Waals surface area contributed by atoms with Gasteiger partial charge in [0, 0.05) is 18.5 Å². The fourth-order valence-corrected chi connectivity index (χ4v) is 5.52. The summed E-state index contributed by atoms with van der Waals surface area (Å²) >= 11 is 0. The number of amides is 1. The van der Waals surface area contributed by atoms with Gasteiger partial charge in [-0.3, -0.25) is 14.9 Å². The minimum atomic E-state index is -0.305. The van der Waals surface area contributed by atoms with E-state index >= 15 is 0 Å². The summed E-state index contributed by atoms with van der Waals surface area (Å²) in [5, 5.41) is 3.32. The number of para-hydroxylation sites is 1. The molecule has 0 radical (unpaired) electrons. The Balaban J connectivity index is 1.13. The fourth-order valence-electron chi connectivity index (χ4n) is 5.52. The van der Waals surface area contributed by atoms with Crippen LogP contribution in [0.4, 0.5) is 0 Å². The third-order valence-corrected chi connectivity index (χ3v) is 7.21. The normalized spacial score (nSPS) is 33.7. The largest absolute Gasteiger partial charge is 0.464 e. The highest BCUT2D eigenvalue weighted by Gasteiger charge is 2.63. The number of likely N-dealkylation sites (tertiary alicyclic amines) is 1. The Labute approximate surface area is 175 Å². The first-order valence-electron chi connectivity index (χ1n) is 10.6. The number of nitrogens with zero attached hydrogens (tertiary/aromatic N) is 1. The number of hydrogen-bond donors (Lipinski definition) is 1. The van der Waals surface area contributed by atoms with Gasteiger partial charge in [-0.05, 0) is 48.6 Å². The molecule has 6 rings (SSSR count). The molecule has 6 heteroatoms. The molecule has 6 nitrogen and oxygen atoms in total. The SMILES string of the molecule is O=C1C[C@]2(CO1)C[C@@H](C(=O)N1CC3CC3(c3cccc(Oc4ccccc4)c3)C1)N2. The zero-order valence-corrected chi connectivity index (χ0v) is 16.7. The number of ether oxygens (including phenoxy) is 2. The van der Waals surface area contributed by atoms with Crippen LogP contribution in [0.3, 0.4) is 0 Å². The van der Waals surface area contributed by atoms with E-state index in [1.54, 1.807) is 0 Å². The van der Waals surface area contributed by atoms with Crippen LogP contribution in [0.1, 0.15) is 24.8 Å². The summed E-state index contributed by atoms with van der Waals surface area (Å²) in [6.45, 7) is 1.95. The number of rotatable bonds is 4. The lowest BCUT2D eigenvalue weighted by Crippen LogP contribution is -2.68. The van der Waals surface area contributed by atoms with Gasteiger partial charge in [0.2, 0.25) is 5.91 Å². The van der Waals surface area contributed by atoms with E-state index in [-0.39, 0.29) is 28.9 Å². The van der Waals surface area contributed by atoms with Gasteiger partial charge < -0.3 is 14.4 Å². The number of nitrogens with one attached hydrogen (secondary N) is 1. The van der Waals surface area contributed by atoms with Crippen molar-refractivity contribution in [2.45, 2.75) is 36.3 Å². The molecule has 1 N–H and O–H groups in total. The molecule has 2 unspecified atom stereocenters. The van der Waals surface area contributed by atoms with E-state index in [1.807, 2.05) is 47.4 Å². The smallest absolute Gasteiger partial charge is 0.307 e. The van der Waals surface area contributed by atoms with Crippen LogP contribution in [0.2, 0.25) is 0 Å². The first-order valence-corrected chi connectivity index (χ1v) is 10.6. The zero-order chi connectivity index (χ0) is 20.3. The molecule has 4 fully saturated rings. The van der Waals surface area contributed by atoms with Crippen molar-refractivity contribution in [3.63, 3.8) is 0 Å². The summed E-state index contributed by atoms with van der Waals surface area (Å²) in [6.07, 6.45) is 2.18. The fraction of sp³-hybridized carbons (Fsp3) is 0.417. The number of esters is 1. The van der Waals surface area contributed by atoms with Gasteiger partial charge >= 0.3 is 5.97 Å². The van der Waals surface area contributed by atoms with E-state index in [0.717, 1.165) is 31.0 Å². The van der Waals surface area contributed by atoms with Crippen molar-refractivity contribution in [1.29, 1.82) is 0 Å². The summed E-state index contributed by atoms with van der Waals surface area (Å²) in [5.41, 5.74) is 1.00. The standard InChI is InChI=1S/C24H24N2O4/c27-21-12-23(15-29-21)11-20(25-23)22(28)26-13-17-10-24(17,14-26)16-5-4-8-19(9-16)30-18-6-2-1-3-7-18/h1-9,17,20,25H,10-15H2/t17?,20-,23-,24?/m0/s1. The van der Waals surface area contributed by atoms with Crippen LogP contribution in [-0.2, 0) is 19.7 Å². The molecule has 4 atom stereocenters. The summed E-state index contributed by atoms with van der Waals surface area (Å²) in [4.78, 5) is 26.4. The topological polar surface area (TPSA) is 67.9 Å². The first-order chi connectivity index (χ1) is 14.6. The van der Waals surface area contributed by atoms with Crippen molar-refractivity contribution in [2.75, 3.05) is 19.7 Å². The van der Waals surface area contributed by atoms with Gasteiger partial charge in [-0.2, -0.15) is 0 Å². The number of carbonyl (C=O) groups excluding carboxylic acids is 2. The Hall–Kier alpha value is -2.86. The highest BCUT2D eigenvalue weighted by molar-refractivity contribution is 5.85. The van der Waals surface area contributed by atoms with Gasteiger partial charge in [0.15, 0.2) is 0 Å². The van der Waals surface area contributed by atoms with Gasteiger partial charge in [-0.1, -0.05) is 30.3 Å². The van der Waals surface area contributed by atoms with Crippen LogP contribution in [0, 0.1) is 5.92 Å². The van der Waals surface area contributed by atoms with Crippen LogP contribution < -0.4 is 10.1 Å². The maximum absolute atomic E-state index is 13.0. The minimum Gasteiger partial charge on any atom is -0.464 e. The summed E-state index contributed by atoms with van der Waals surface area (Å²) < 4.78 is 11.1. The molecule has 0 bridgehead atoms. The number of cyclic esters (lactones) is 1. The molecule has 30 heavy (non-hydrogen) atoms. The monoisotopic (exact) mass is 404 g/mol. The van der Waals surface area contributed by atoms with Crippen molar-refractivity contribution in [1.82, 2.24) is 10.2 Å². The maximum Gasteiger partial charge on any atom is 0.307 e. The average molecular weight is 404 g/mol. The maximum atomic E-state index is 13.0. The molecule has 4 aliphatic rings. The molecule has 3 heterocycles. The molecule has 1 amide bonds. The van der Waals surface area contributed by atoms with Crippen LogP contribution in [0.25, 0.3) is 0 Å². The molecule has 2 aromatic carbocycles. The summed E-state index contributed by atoms with van der Waals surface area (Å²) in [5.74, 6) is 2.15.